The number of primary amides is 1. The summed E-state index contributed by atoms with van der Waals surface area (Å²) in [4.78, 5) is 23.5. The summed E-state index contributed by atoms with van der Waals surface area (Å²) in [5.41, 5.74) is 5.38. The minimum absolute atomic E-state index is 0.0180. The average Bonchev–Trinajstić information content (AvgIpc) is 2.48. The standard InChI is InChI=1S/C16H13F3N2O2/c17-10-3-1-9(2-4-10)7-14(15(20)22)21-16(23)12-6-5-11(18)8-13(12)19/h1-6,8,14H,7H2,(H2,20,22)(H,21,23)/t14-/m0/s1. The highest BCUT2D eigenvalue weighted by molar-refractivity contribution is 5.97. The lowest BCUT2D eigenvalue weighted by atomic mass is 10.0. The van der Waals surface area contributed by atoms with Gasteiger partial charge in [-0.05, 0) is 29.8 Å². The van der Waals surface area contributed by atoms with Crippen LogP contribution in [0.15, 0.2) is 42.5 Å². The van der Waals surface area contributed by atoms with Gasteiger partial charge in [0.25, 0.3) is 5.91 Å². The number of hydrogen-bond donors (Lipinski definition) is 2. The van der Waals surface area contributed by atoms with Gasteiger partial charge in [0, 0.05) is 12.5 Å². The van der Waals surface area contributed by atoms with E-state index in [9.17, 15) is 22.8 Å². The molecular weight excluding hydrogens is 309 g/mol. The molecule has 23 heavy (non-hydrogen) atoms. The quantitative estimate of drug-likeness (QED) is 0.883. The van der Waals surface area contributed by atoms with E-state index in [-0.39, 0.29) is 6.42 Å². The molecule has 7 heteroatoms. The van der Waals surface area contributed by atoms with Crippen molar-refractivity contribution in [2.45, 2.75) is 12.5 Å². The van der Waals surface area contributed by atoms with E-state index in [4.69, 9.17) is 5.73 Å². The Balaban J connectivity index is 2.14. The van der Waals surface area contributed by atoms with Crippen molar-refractivity contribution in [1.82, 2.24) is 5.32 Å². The van der Waals surface area contributed by atoms with Crippen LogP contribution in [0.2, 0.25) is 0 Å². The molecule has 0 aromatic heterocycles. The van der Waals surface area contributed by atoms with E-state index in [2.05, 4.69) is 5.32 Å². The minimum Gasteiger partial charge on any atom is -0.368 e. The summed E-state index contributed by atoms with van der Waals surface area (Å²) in [6.45, 7) is 0. The lowest BCUT2D eigenvalue weighted by Crippen LogP contribution is -2.46. The van der Waals surface area contributed by atoms with Gasteiger partial charge in [0.1, 0.15) is 23.5 Å². The first-order valence-corrected chi connectivity index (χ1v) is 6.66. The molecule has 2 amide bonds. The van der Waals surface area contributed by atoms with Gasteiger partial charge in [-0.1, -0.05) is 12.1 Å². The molecular formula is C16H13F3N2O2. The molecule has 3 N–H and O–H groups in total. The monoisotopic (exact) mass is 322 g/mol. The highest BCUT2D eigenvalue weighted by atomic mass is 19.1. The predicted octanol–water partition coefficient (Wildman–Crippen LogP) is 1.93. The fraction of sp³-hybridized carbons (Fsp3) is 0.125. The lowest BCUT2D eigenvalue weighted by Gasteiger charge is -2.16. The Bertz CT molecular complexity index is 733. The van der Waals surface area contributed by atoms with Crippen LogP contribution in [-0.2, 0) is 11.2 Å². The Kier molecular flexibility index (Phi) is 5.00. The number of rotatable bonds is 5. The van der Waals surface area contributed by atoms with Crippen LogP contribution in [0.1, 0.15) is 15.9 Å². The Morgan fingerprint density at radius 3 is 2.17 bits per heavy atom. The predicted molar refractivity (Wildman–Crippen MR) is 76.9 cm³/mol. The third kappa shape index (κ3) is 4.32. The van der Waals surface area contributed by atoms with Crippen molar-refractivity contribution in [1.29, 1.82) is 0 Å². The maximum Gasteiger partial charge on any atom is 0.254 e. The van der Waals surface area contributed by atoms with Gasteiger partial charge in [0.2, 0.25) is 5.91 Å². The summed E-state index contributed by atoms with van der Waals surface area (Å²) >= 11 is 0. The second kappa shape index (κ2) is 6.95. The van der Waals surface area contributed by atoms with Gasteiger partial charge in [-0.15, -0.1) is 0 Å². The van der Waals surface area contributed by atoms with E-state index < -0.39 is 40.9 Å². The van der Waals surface area contributed by atoms with Crippen LogP contribution in [0.5, 0.6) is 0 Å². The molecule has 0 aliphatic rings. The van der Waals surface area contributed by atoms with Gasteiger partial charge < -0.3 is 11.1 Å². The van der Waals surface area contributed by atoms with Crippen LogP contribution in [-0.4, -0.2) is 17.9 Å². The molecule has 0 bridgehead atoms. The Morgan fingerprint density at radius 1 is 1.00 bits per heavy atom. The number of nitrogens with two attached hydrogens (primary N) is 1. The molecule has 2 aromatic rings. The zero-order valence-electron chi connectivity index (χ0n) is 11.9. The molecule has 0 aliphatic heterocycles. The van der Waals surface area contributed by atoms with Gasteiger partial charge in [0.15, 0.2) is 0 Å². The van der Waals surface area contributed by atoms with Crippen LogP contribution in [0, 0.1) is 17.5 Å². The number of hydrogen-bond acceptors (Lipinski definition) is 2. The summed E-state index contributed by atoms with van der Waals surface area (Å²) in [7, 11) is 0. The second-order valence-electron chi connectivity index (χ2n) is 4.88. The molecule has 0 radical (unpaired) electrons. The SMILES string of the molecule is NC(=O)[C@H](Cc1ccc(F)cc1)NC(=O)c1ccc(F)cc1F. The van der Waals surface area contributed by atoms with Gasteiger partial charge in [-0.3, -0.25) is 9.59 Å². The third-order valence-electron chi connectivity index (χ3n) is 3.18. The molecule has 2 aromatic carbocycles. The molecule has 120 valence electrons. The van der Waals surface area contributed by atoms with E-state index >= 15 is 0 Å². The van der Waals surface area contributed by atoms with E-state index in [1.807, 2.05) is 0 Å². The molecule has 0 saturated carbocycles. The van der Waals surface area contributed by atoms with Crippen molar-refractivity contribution >= 4 is 11.8 Å². The third-order valence-corrected chi connectivity index (χ3v) is 3.18. The van der Waals surface area contributed by atoms with Gasteiger partial charge in [0.05, 0.1) is 5.56 Å². The van der Waals surface area contributed by atoms with E-state index in [0.717, 1.165) is 12.1 Å². The summed E-state index contributed by atoms with van der Waals surface area (Å²) in [5, 5.41) is 2.29. The van der Waals surface area contributed by atoms with E-state index in [0.29, 0.717) is 11.6 Å². The first-order chi connectivity index (χ1) is 10.9. The normalized spacial score (nSPS) is 11.8. The highest BCUT2D eigenvalue weighted by Gasteiger charge is 2.21. The summed E-state index contributed by atoms with van der Waals surface area (Å²) in [6, 6.07) is 6.63. The molecule has 0 saturated heterocycles. The fourth-order valence-electron chi connectivity index (χ4n) is 1.99. The number of carbonyl (C=O) groups is 2. The van der Waals surface area contributed by atoms with Gasteiger partial charge >= 0.3 is 0 Å². The largest absolute Gasteiger partial charge is 0.368 e. The molecule has 1 atom stereocenters. The maximum atomic E-state index is 13.6. The molecule has 0 fully saturated rings. The van der Waals surface area contributed by atoms with Gasteiger partial charge in [-0.25, -0.2) is 13.2 Å². The maximum absolute atomic E-state index is 13.6. The van der Waals surface area contributed by atoms with Crippen molar-refractivity contribution in [3.63, 3.8) is 0 Å². The minimum atomic E-state index is -1.11. The van der Waals surface area contributed by atoms with E-state index in [1.54, 1.807) is 0 Å². The molecule has 0 spiro atoms. The van der Waals surface area contributed by atoms with Crippen molar-refractivity contribution < 1.29 is 22.8 Å². The number of carbonyl (C=O) groups excluding carboxylic acids is 2. The first-order valence-electron chi connectivity index (χ1n) is 6.66. The van der Waals surface area contributed by atoms with Crippen LogP contribution in [0.4, 0.5) is 13.2 Å². The highest BCUT2D eigenvalue weighted by Crippen LogP contribution is 2.11. The Hall–Kier alpha value is -2.83. The summed E-state index contributed by atoms with van der Waals surface area (Å²) in [6.07, 6.45) is 0.0180. The molecule has 0 aliphatic carbocycles. The molecule has 0 heterocycles. The molecule has 4 nitrogen and oxygen atoms in total. The van der Waals surface area contributed by atoms with Gasteiger partial charge in [-0.2, -0.15) is 0 Å². The summed E-state index contributed by atoms with van der Waals surface area (Å²) < 4.78 is 39.3. The number of nitrogens with one attached hydrogen (secondary N) is 1. The topological polar surface area (TPSA) is 72.2 Å². The van der Waals surface area contributed by atoms with Crippen LogP contribution in [0.3, 0.4) is 0 Å². The molecule has 0 unspecified atom stereocenters. The van der Waals surface area contributed by atoms with Crippen LogP contribution >= 0.6 is 0 Å². The van der Waals surface area contributed by atoms with Crippen molar-refractivity contribution in [3.8, 4) is 0 Å². The summed E-state index contributed by atoms with van der Waals surface area (Å²) in [5.74, 6) is -4.04. The Labute approximate surface area is 130 Å². The van der Waals surface area contributed by atoms with Crippen molar-refractivity contribution in [3.05, 3.63) is 71.0 Å². The number of amides is 2. The average molecular weight is 322 g/mol. The zero-order valence-corrected chi connectivity index (χ0v) is 11.9. The number of halogens is 3. The Morgan fingerprint density at radius 2 is 1.61 bits per heavy atom. The van der Waals surface area contributed by atoms with Crippen LogP contribution < -0.4 is 11.1 Å². The zero-order chi connectivity index (χ0) is 17.0. The molecule has 2 rings (SSSR count). The smallest absolute Gasteiger partial charge is 0.254 e. The van der Waals surface area contributed by atoms with Crippen molar-refractivity contribution in [2.75, 3.05) is 0 Å². The number of benzene rings is 2. The first kappa shape index (κ1) is 16.5. The van der Waals surface area contributed by atoms with Crippen LogP contribution in [0.25, 0.3) is 0 Å². The fourth-order valence-corrected chi connectivity index (χ4v) is 1.99. The van der Waals surface area contributed by atoms with Crippen molar-refractivity contribution in [2.24, 2.45) is 5.73 Å². The second-order valence-corrected chi connectivity index (χ2v) is 4.88. The van der Waals surface area contributed by atoms with E-state index in [1.165, 1.54) is 24.3 Å². The lowest BCUT2D eigenvalue weighted by molar-refractivity contribution is -0.119.